The van der Waals surface area contributed by atoms with Crippen molar-refractivity contribution in [3.63, 3.8) is 0 Å². The lowest BCUT2D eigenvalue weighted by Gasteiger charge is -2.31. The Hall–Kier alpha value is -1.51. The van der Waals surface area contributed by atoms with E-state index in [4.69, 9.17) is 5.73 Å². The normalized spacial score (nSPS) is 18.6. The molecular weight excluding hydrogens is 176 g/mol. The Bertz CT molecular complexity index is 396. The summed E-state index contributed by atoms with van der Waals surface area (Å²) in [5, 5.41) is 2.85. The largest absolute Gasteiger partial charge is 0.397 e. The van der Waals surface area contributed by atoms with Gasteiger partial charge in [-0.05, 0) is 18.1 Å². The van der Waals surface area contributed by atoms with E-state index >= 15 is 0 Å². The Morgan fingerprint density at radius 2 is 2.14 bits per heavy atom. The molecule has 1 amide bonds. The van der Waals surface area contributed by atoms with Gasteiger partial charge >= 0.3 is 0 Å². The van der Waals surface area contributed by atoms with Crippen LogP contribution in [0.3, 0.4) is 0 Å². The standard InChI is InChI=1S/C11H14N2O/c1-11(2)6-7-4-3-5-8(12)9(7)13-10(11)14/h3-5H,6,12H2,1-2H3,(H,13,14). The van der Waals surface area contributed by atoms with Crippen molar-refractivity contribution in [2.75, 3.05) is 11.1 Å². The second-order valence-corrected chi connectivity index (χ2v) is 4.40. The van der Waals surface area contributed by atoms with E-state index in [-0.39, 0.29) is 11.3 Å². The van der Waals surface area contributed by atoms with Crippen molar-refractivity contribution in [3.8, 4) is 0 Å². The molecule has 3 nitrogen and oxygen atoms in total. The first-order valence-electron chi connectivity index (χ1n) is 4.69. The molecule has 74 valence electrons. The third-order valence-electron chi connectivity index (χ3n) is 2.67. The minimum absolute atomic E-state index is 0.0444. The van der Waals surface area contributed by atoms with Gasteiger partial charge in [-0.25, -0.2) is 0 Å². The van der Waals surface area contributed by atoms with Crippen LogP contribution in [0, 0.1) is 5.41 Å². The molecule has 0 unspecified atom stereocenters. The second kappa shape index (κ2) is 2.74. The van der Waals surface area contributed by atoms with E-state index in [9.17, 15) is 4.79 Å². The molecule has 0 radical (unpaired) electrons. The molecule has 1 aromatic carbocycles. The Kier molecular flexibility index (Phi) is 1.77. The highest BCUT2D eigenvalue weighted by Crippen LogP contribution is 2.35. The Balaban J connectivity index is 2.51. The minimum Gasteiger partial charge on any atom is -0.397 e. The molecule has 3 N–H and O–H groups in total. The quantitative estimate of drug-likeness (QED) is 0.613. The van der Waals surface area contributed by atoms with Crippen LogP contribution in [0.4, 0.5) is 11.4 Å². The summed E-state index contributed by atoms with van der Waals surface area (Å²) in [6.07, 6.45) is 0.749. The summed E-state index contributed by atoms with van der Waals surface area (Å²) >= 11 is 0. The van der Waals surface area contributed by atoms with Gasteiger partial charge in [0.1, 0.15) is 0 Å². The fraction of sp³-hybridized carbons (Fsp3) is 0.364. The van der Waals surface area contributed by atoms with Gasteiger partial charge in [-0.2, -0.15) is 0 Å². The first kappa shape index (κ1) is 9.06. The van der Waals surface area contributed by atoms with E-state index in [0.29, 0.717) is 5.69 Å². The minimum atomic E-state index is -0.333. The van der Waals surface area contributed by atoms with Crippen LogP contribution in [0.15, 0.2) is 18.2 Å². The van der Waals surface area contributed by atoms with E-state index in [2.05, 4.69) is 5.32 Å². The van der Waals surface area contributed by atoms with Crippen LogP contribution in [0.2, 0.25) is 0 Å². The summed E-state index contributed by atoms with van der Waals surface area (Å²) in [6, 6.07) is 5.73. The van der Waals surface area contributed by atoms with E-state index in [0.717, 1.165) is 17.7 Å². The number of nitrogens with two attached hydrogens (primary N) is 1. The van der Waals surface area contributed by atoms with Crippen molar-refractivity contribution >= 4 is 17.3 Å². The van der Waals surface area contributed by atoms with E-state index in [1.54, 1.807) is 6.07 Å². The lowest BCUT2D eigenvalue weighted by atomic mass is 9.81. The number of fused-ring (bicyclic) bond motifs is 1. The summed E-state index contributed by atoms with van der Waals surface area (Å²) in [4.78, 5) is 11.7. The predicted octanol–water partition coefficient (Wildman–Crippen LogP) is 1.79. The highest BCUT2D eigenvalue weighted by Gasteiger charge is 2.33. The molecular formula is C11H14N2O. The summed E-state index contributed by atoms with van der Waals surface area (Å²) in [5.41, 5.74) is 8.00. The van der Waals surface area contributed by atoms with Gasteiger partial charge in [0.2, 0.25) is 5.91 Å². The average molecular weight is 190 g/mol. The number of amides is 1. The molecule has 1 aliphatic heterocycles. The number of carbonyl (C=O) groups is 1. The van der Waals surface area contributed by atoms with Crippen LogP contribution >= 0.6 is 0 Å². The van der Waals surface area contributed by atoms with Crippen molar-refractivity contribution < 1.29 is 4.79 Å². The fourth-order valence-electron chi connectivity index (χ4n) is 1.76. The third-order valence-corrected chi connectivity index (χ3v) is 2.67. The highest BCUT2D eigenvalue weighted by molar-refractivity contribution is 6.00. The molecule has 1 aliphatic rings. The smallest absolute Gasteiger partial charge is 0.230 e. The molecule has 1 aromatic rings. The van der Waals surface area contributed by atoms with Gasteiger partial charge in [0, 0.05) is 5.41 Å². The summed E-state index contributed by atoms with van der Waals surface area (Å²) < 4.78 is 0. The number of anilines is 2. The number of rotatable bonds is 0. The summed E-state index contributed by atoms with van der Waals surface area (Å²) in [7, 11) is 0. The van der Waals surface area contributed by atoms with Crippen LogP contribution in [0.5, 0.6) is 0 Å². The lowest BCUT2D eigenvalue weighted by molar-refractivity contribution is -0.124. The molecule has 0 atom stereocenters. The number of hydrogen-bond donors (Lipinski definition) is 2. The first-order valence-corrected chi connectivity index (χ1v) is 4.69. The van der Waals surface area contributed by atoms with Crippen LogP contribution in [-0.4, -0.2) is 5.91 Å². The van der Waals surface area contributed by atoms with Crippen molar-refractivity contribution in [1.29, 1.82) is 0 Å². The molecule has 0 saturated heterocycles. The van der Waals surface area contributed by atoms with Gasteiger partial charge in [-0.15, -0.1) is 0 Å². The van der Waals surface area contributed by atoms with Crippen molar-refractivity contribution in [2.45, 2.75) is 20.3 Å². The lowest BCUT2D eigenvalue weighted by Crippen LogP contribution is -2.37. The zero-order valence-corrected chi connectivity index (χ0v) is 8.42. The van der Waals surface area contributed by atoms with Gasteiger partial charge < -0.3 is 11.1 Å². The molecule has 3 heteroatoms. The molecule has 2 rings (SSSR count). The molecule has 0 aromatic heterocycles. The average Bonchev–Trinajstić information content (AvgIpc) is 2.08. The zero-order valence-electron chi connectivity index (χ0n) is 8.42. The maximum atomic E-state index is 11.7. The summed E-state index contributed by atoms with van der Waals surface area (Å²) in [5.74, 6) is 0.0444. The predicted molar refractivity (Wildman–Crippen MR) is 57.0 cm³/mol. The molecule has 0 fully saturated rings. The molecule has 0 spiro atoms. The Labute approximate surface area is 83.3 Å². The molecule has 0 bridgehead atoms. The highest BCUT2D eigenvalue weighted by atomic mass is 16.2. The fourth-order valence-corrected chi connectivity index (χ4v) is 1.76. The number of nitrogen functional groups attached to an aromatic ring is 1. The van der Waals surface area contributed by atoms with Crippen molar-refractivity contribution in [3.05, 3.63) is 23.8 Å². The molecule has 0 saturated carbocycles. The van der Waals surface area contributed by atoms with E-state index in [1.807, 2.05) is 26.0 Å². The molecule has 1 heterocycles. The number of benzene rings is 1. The van der Waals surface area contributed by atoms with Crippen LogP contribution in [-0.2, 0) is 11.2 Å². The monoisotopic (exact) mass is 190 g/mol. The van der Waals surface area contributed by atoms with Gasteiger partial charge in [0.05, 0.1) is 11.4 Å². The third kappa shape index (κ3) is 1.25. The first-order chi connectivity index (χ1) is 6.50. The SMILES string of the molecule is CC1(C)Cc2cccc(N)c2NC1=O. The molecule has 0 aliphatic carbocycles. The summed E-state index contributed by atoms with van der Waals surface area (Å²) in [6.45, 7) is 3.88. The van der Waals surface area contributed by atoms with E-state index in [1.165, 1.54) is 0 Å². The number of nitrogens with one attached hydrogen (secondary N) is 1. The Morgan fingerprint density at radius 1 is 1.43 bits per heavy atom. The number of para-hydroxylation sites is 1. The molecule has 14 heavy (non-hydrogen) atoms. The maximum absolute atomic E-state index is 11.7. The van der Waals surface area contributed by atoms with Gasteiger partial charge in [-0.1, -0.05) is 26.0 Å². The van der Waals surface area contributed by atoms with E-state index < -0.39 is 0 Å². The zero-order chi connectivity index (χ0) is 10.3. The van der Waals surface area contributed by atoms with Crippen molar-refractivity contribution in [2.24, 2.45) is 5.41 Å². The van der Waals surface area contributed by atoms with Gasteiger partial charge in [0.15, 0.2) is 0 Å². The second-order valence-electron chi connectivity index (χ2n) is 4.40. The van der Waals surface area contributed by atoms with Gasteiger partial charge in [-0.3, -0.25) is 4.79 Å². The van der Waals surface area contributed by atoms with Crippen LogP contribution in [0.25, 0.3) is 0 Å². The van der Waals surface area contributed by atoms with Crippen LogP contribution in [0.1, 0.15) is 19.4 Å². The topological polar surface area (TPSA) is 55.1 Å². The number of hydrogen-bond acceptors (Lipinski definition) is 2. The number of carbonyl (C=O) groups excluding carboxylic acids is 1. The van der Waals surface area contributed by atoms with Gasteiger partial charge in [0.25, 0.3) is 0 Å². The Morgan fingerprint density at radius 3 is 2.86 bits per heavy atom. The maximum Gasteiger partial charge on any atom is 0.230 e. The van der Waals surface area contributed by atoms with Crippen molar-refractivity contribution in [1.82, 2.24) is 0 Å². The van der Waals surface area contributed by atoms with Crippen LogP contribution < -0.4 is 11.1 Å².